The van der Waals surface area contributed by atoms with Crippen LogP contribution in [-0.4, -0.2) is 26.5 Å². The molecule has 0 bridgehead atoms. The number of nitrogens with two attached hydrogens (primary N) is 1. The Balaban J connectivity index is 1.61. The number of carbonyl (C=O) groups excluding carboxylic acids is 1. The first-order chi connectivity index (χ1) is 11.5. The Labute approximate surface area is 138 Å². The molecule has 0 saturated carbocycles. The van der Waals surface area contributed by atoms with E-state index in [2.05, 4.69) is 15.5 Å². The van der Waals surface area contributed by atoms with Crippen molar-refractivity contribution >= 4 is 23.4 Å². The van der Waals surface area contributed by atoms with Gasteiger partial charge in [-0.25, -0.2) is 13.5 Å². The van der Waals surface area contributed by atoms with Crippen molar-refractivity contribution < 1.29 is 18.0 Å². The number of nitrogens with one attached hydrogen (secondary N) is 1. The molecular weight excluding hydrogens is 340 g/mol. The monoisotopic (exact) mass is 351 g/mol. The predicted octanol–water partition coefficient (Wildman–Crippen LogP) is 2.26. The van der Waals surface area contributed by atoms with E-state index in [0.29, 0.717) is 16.7 Å². The second-order valence-corrected chi connectivity index (χ2v) is 5.56. The standard InChI is InChI=1S/C14H11F2N5O2S/c15-9-4-3-8(6-10(9)16)18-12(22)7-24-14-20-19-13(21(14)17)11-2-1-5-23-11/h1-6H,7,17H2,(H,18,22). The molecule has 0 aliphatic heterocycles. The third-order valence-corrected chi connectivity index (χ3v) is 3.88. The molecule has 7 nitrogen and oxygen atoms in total. The number of benzene rings is 1. The summed E-state index contributed by atoms with van der Waals surface area (Å²) in [6.45, 7) is 0. The number of halogens is 2. The molecule has 0 aliphatic carbocycles. The molecule has 3 N–H and O–H groups in total. The second-order valence-electron chi connectivity index (χ2n) is 4.62. The number of hydrogen-bond acceptors (Lipinski definition) is 6. The van der Waals surface area contributed by atoms with Crippen LogP contribution in [0.1, 0.15) is 0 Å². The molecule has 0 aliphatic rings. The van der Waals surface area contributed by atoms with Crippen molar-refractivity contribution in [2.45, 2.75) is 5.16 Å². The average Bonchev–Trinajstić information content (AvgIpc) is 3.19. The Hall–Kier alpha value is -2.88. The van der Waals surface area contributed by atoms with Gasteiger partial charge in [0.25, 0.3) is 0 Å². The molecule has 124 valence electrons. The lowest BCUT2D eigenvalue weighted by molar-refractivity contribution is -0.113. The van der Waals surface area contributed by atoms with Gasteiger partial charge in [-0.15, -0.1) is 10.2 Å². The smallest absolute Gasteiger partial charge is 0.234 e. The predicted molar refractivity (Wildman–Crippen MR) is 83.6 cm³/mol. The number of furan rings is 1. The van der Waals surface area contributed by atoms with Crippen LogP contribution in [0.2, 0.25) is 0 Å². The molecule has 0 atom stereocenters. The maximum absolute atomic E-state index is 13.1. The summed E-state index contributed by atoms with van der Waals surface area (Å²) in [5.74, 6) is 4.15. The van der Waals surface area contributed by atoms with Crippen molar-refractivity contribution in [1.82, 2.24) is 14.9 Å². The van der Waals surface area contributed by atoms with E-state index in [0.717, 1.165) is 23.9 Å². The fraction of sp³-hybridized carbons (Fsp3) is 0.0714. The zero-order chi connectivity index (χ0) is 17.1. The van der Waals surface area contributed by atoms with Crippen LogP contribution < -0.4 is 11.2 Å². The van der Waals surface area contributed by atoms with Crippen LogP contribution in [0.3, 0.4) is 0 Å². The van der Waals surface area contributed by atoms with E-state index in [1.54, 1.807) is 12.1 Å². The van der Waals surface area contributed by atoms with Gasteiger partial charge in [-0.1, -0.05) is 11.8 Å². The number of aromatic nitrogens is 3. The van der Waals surface area contributed by atoms with Crippen molar-refractivity contribution in [1.29, 1.82) is 0 Å². The summed E-state index contributed by atoms with van der Waals surface area (Å²) in [6.07, 6.45) is 1.48. The van der Waals surface area contributed by atoms with Crippen LogP contribution in [0, 0.1) is 11.6 Å². The molecule has 0 unspecified atom stereocenters. The largest absolute Gasteiger partial charge is 0.461 e. The molecule has 3 aromatic rings. The zero-order valence-electron chi connectivity index (χ0n) is 12.1. The third-order valence-electron chi connectivity index (χ3n) is 2.94. The lowest BCUT2D eigenvalue weighted by Gasteiger charge is -2.05. The summed E-state index contributed by atoms with van der Waals surface area (Å²) in [7, 11) is 0. The fourth-order valence-electron chi connectivity index (χ4n) is 1.85. The Kier molecular flexibility index (Phi) is 4.47. The number of hydrogen-bond donors (Lipinski definition) is 2. The van der Waals surface area contributed by atoms with Gasteiger partial charge in [0, 0.05) is 11.8 Å². The normalized spacial score (nSPS) is 10.8. The van der Waals surface area contributed by atoms with Gasteiger partial charge in [0.15, 0.2) is 17.4 Å². The minimum atomic E-state index is -1.04. The van der Waals surface area contributed by atoms with Crippen molar-refractivity contribution in [3.63, 3.8) is 0 Å². The van der Waals surface area contributed by atoms with Crippen LogP contribution in [0.5, 0.6) is 0 Å². The van der Waals surface area contributed by atoms with E-state index < -0.39 is 17.5 Å². The van der Waals surface area contributed by atoms with E-state index in [9.17, 15) is 13.6 Å². The highest BCUT2D eigenvalue weighted by atomic mass is 32.2. The molecule has 0 radical (unpaired) electrons. The Morgan fingerprint density at radius 1 is 1.29 bits per heavy atom. The molecule has 1 aromatic carbocycles. The summed E-state index contributed by atoms with van der Waals surface area (Å²) >= 11 is 1.04. The van der Waals surface area contributed by atoms with E-state index in [4.69, 9.17) is 10.3 Å². The number of carbonyl (C=O) groups is 1. The van der Waals surface area contributed by atoms with Gasteiger partial charge >= 0.3 is 0 Å². The van der Waals surface area contributed by atoms with Crippen LogP contribution in [0.15, 0.2) is 46.2 Å². The molecule has 0 fully saturated rings. The Morgan fingerprint density at radius 2 is 2.12 bits per heavy atom. The van der Waals surface area contributed by atoms with Crippen LogP contribution in [-0.2, 0) is 4.79 Å². The van der Waals surface area contributed by atoms with Gasteiger partial charge in [-0.2, -0.15) is 0 Å². The van der Waals surface area contributed by atoms with Crippen molar-refractivity contribution in [3.8, 4) is 11.6 Å². The van der Waals surface area contributed by atoms with Gasteiger partial charge in [0.2, 0.25) is 16.9 Å². The number of thioether (sulfide) groups is 1. The summed E-state index contributed by atoms with van der Waals surface area (Å²) in [6, 6.07) is 6.47. The first kappa shape index (κ1) is 16.0. The highest BCUT2D eigenvalue weighted by Gasteiger charge is 2.15. The minimum Gasteiger partial charge on any atom is -0.461 e. The summed E-state index contributed by atoms with van der Waals surface area (Å²) in [5.41, 5.74) is 0.157. The molecule has 2 aromatic heterocycles. The van der Waals surface area contributed by atoms with Crippen LogP contribution in [0.4, 0.5) is 14.5 Å². The number of nitrogen functional groups attached to an aromatic ring is 1. The molecule has 2 heterocycles. The summed E-state index contributed by atoms with van der Waals surface area (Å²) < 4.78 is 32.3. The van der Waals surface area contributed by atoms with E-state index in [1.807, 2.05) is 0 Å². The SMILES string of the molecule is Nn1c(SCC(=O)Nc2ccc(F)c(F)c2)nnc1-c1ccco1. The topological polar surface area (TPSA) is 99.0 Å². The van der Waals surface area contributed by atoms with Crippen molar-refractivity contribution in [2.75, 3.05) is 16.9 Å². The zero-order valence-corrected chi connectivity index (χ0v) is 12.9. The maximum Gasteiger partial charge on any atom is 0.234 e. The van der Waals surface area contributed by atoms with Gasteiger partial charge in [-0.3, -0.25) is 4.79 Å². The van der Waals surface area contributed by atoms with Crippen molar-refractivity contribution in [2.24, 2.45) is 0 Å². The molecular formula is C14H11F2N5O2S. The number of nitrogens with zero attached hydrogens (tertiary/aromatic N) is 3. The van der Waals surface area contributed by atoms with Crippen molar-refractivity contribution in [3.05, 3.63) is 48.2 Å². The van der Waals surface area contributed by atoms with Gasteiger partial charge in [0.05, 0.1) is 12.0 Å². The van der Waals surface area contributed by atoms with E-state index in [-0.39, 0.29) is 11.4 Å². The molecule has 0 saturated heterocycles. The minimum absolute atomic E-state index is 0.0352. The quantitative estimate of drug-likeness (QED) is 0.540. The summed E-state index contributed by atoms with van der Waals surface area (Å²) in [4.78, 5) is 11.9. The average molecular weight is 351 g/mol. The van der Waals surface area contributed by atoms with Crippen LogP contribution >= 0.6 is 11.8 Å². The second kappa shape index (κ2) is 6.71. The number of anilines is 1. The van der Waals surface area contributed by atoms with E-state index >= 15 is 0 Å². The number of rotatable bonds is 5. The highest BCUT2D eigenvalue weighted by Crippen LogP contribution is 2.22. The Morgan fingerprint density at radius 3 is 2.83 bits per heavy atom. The highest BCUT2D eigenvalue weighted by molar-refractivity contribution is 7.99. The number of amides is 1. The molecule has 24 heavy (non-hydrogen) atoms. The van der Waals surface area contributed by atoms with Gasteiger partial charge in [-0.05, 0) is 24.3 Å². The van der Waals surface area contributed by atoms with Crippen LogP contribution in [0.25, 0.3) is 11.6 Å². The molecule has 10 heteroatoms. The molecule has 0 spiro atoms. The lowest BCUT2D eigenvalue weighted by atomic mass is 10.3. The van der Waals surface area contributed by atoms with E-state index in [1.165, 1.54) is 17.0 Å². The fourth-order valence-corrected chi connectivity index (χ4v) is 2.51. The first-order valence-electron chi connectivity index (χ1n) is 6.66. The lowest BCUT2D eigenvalue weighted by Crippen LogP contribution is -2.16. The molecule has 1 amide bonds. The van der Waals surface area contributed by atoms with Gasteiger partial charge in [0.1, 0.15) is 0 Å². The first-order valence-corrected chi connectivity index (χ1v) is 7.65. The Bertz CT molecular complexity index is 866. The van der Waals surface area contributed by atoms with Gasteiger partial charge < -0.3 is 15.6 Å². The molecule has 3 rings (SSSR count). The maximum atomic E-state index is 13.1. The summed E-state index contributed by atoms with van der Waals surface area (Å²) in [5, 5.41) is 10.5. The third kappa shape index (κ3) is 3.38.